The van der Waals surface area contributed by atoms with Crippen molar-refractivity contribution in [3.8, 4) is 0 Å². The van der Waals surface area contributed by atoms with Crippen molar-refractivity contribution >= 4 is 35.3 Å². The van der Waals surface area contributed by atoms with Gasteiger partial charge >= 0.3 is 0 Å². The van der Waals surface area contributed by atoms with E-state index in [0.717, 1.165) is 22.6 Å². The molecular weight excluding hydrogens is 399 g/mol. The number of hydrogen-bond donors (Lipinski definition) is 1. The van der Waals surface area contributed by atoms with Crippen molar-refractivity contribution < 1.29 is 4.79 Å². The summed E-state index contributed by atoms with van der Waals surface area (Å²) in [5.41, 5.74) is 6.67. The Morgan fingerprint density at radius 2 is 1.86 bits per heavy atom. The smallest absolute Gasteiger partial charge is 0.261 e. The molecule has 0 aliphatic rings. The fourth-order valence-corrected chi connectivity index (χ4v) is 3.17. The van der Waals surface area contributed by atoms with Gasteiger partial charge in [0.15, 0.2) is 0 Å². The number of aromatic nitrogens is 4. The van der Waals surface area contributed by atoms with Crippen molar-refractivity contribution in [3.63, 3.8) is 0 Å². The second-order valence-corrected chi connectivity index (χ2v) is 7.25. The van der Waals surface area contributed by atoms with Crippen LogP contribution in [0.15, 0.2) is 35.4 Å². The lowest BCUT2D eigenvalue weighted by Gasteiger charge is -2.04. The van der Waals surface area contributed by atoms with Crippen molar-refractivity contribution in [2.24, 2.45) is 5.10 Å². The summed E-state index contributed by atoms with van der Waals surface area (Å²) < 4.78 is 3.31. The Morgan fingerprint density at radius 1 is 1.14 bits per heavy atom. The Hall–Kier alpha value is -2.64. The predicted molar refractivity (Wildman–Crippen MR) is 110 cm³/mol. The highest BCUT2D eigenvalue weighted by Gasteiger charge is 2.12. The zero-order chi connectivity index (χ0) is 20.3. The fourth-order valence-electron chi connectivity index (χ4n) is 2.76. The van der Waals surface area contributed by atoms with Gasteiger partial charge in [-0.25, -0.2) is 10.1 Å². The highest BCUT2D eigenvalue weighted by atomic mass is 35.5. The molecule has 3 rings (SSSR count). The van der Waals surface area contributed by atoms with Gasteiger partial charge in [0, 0.05) is 10.7 Å². The van der Waals surface area contributed by atoms with Crippen LogP contribution in [-0.2, 0) is 17.9 Å². The molecule has 9 heteroatoms. The maximum atomic E-state index is 12.1. The van der Waals surface area contributed by atoms with Gasteiger partial charge in [-0.1, -0.05) is 35.3 Å². The average Bonchev–Trinajstić information content (AvgIpc) is 3.09. The molecule has 2 heterocycles. The van der Waals surface area contributed by atoms with E-state index in [1.165, 1.54) is 6.21 Å². The molecule has 1 aromatic carbocycles. The molecule has 0 bridgehead atoms. The Labute approximate surface area is 172 Å². The molecule has 2 aromatic heterocycles. The van der Waals surface area contributed by atoms with Gasteiger partial charge in [0.25, 0.3) is 5.91 Å². The molecule has 0 saturated carbocycles. The molecular formula is C19H20Cl2N6O. The van der Waals surface area contributed by atoms with Crippen molar-refractivity contribution in [1.29, 1.82) is 0 Å². The number of rotatable bonds is 6. The first kappa shape index (κ1) is 20.1. The van der Waals surface area contributed by atoms with E-state index in [9.17, 15) is 4.79 Å². The van der Waals surface area contributed by atoms with Crippen LogP contribution in [0.1, 0.15) is 28.2 Å². The van der Waals surface area contributed by atoms with Crippen LogP contribution >= 0.6 is 23.2 Å². The van der Waals surface area contributed by atoms with E-state index in [0.29, 0.717) is 22.3 Å². The van der Waals surface area contributed by atoms with E-state index in [1.54, 1.807) is 9.36 Å². The van der Waals surface area contributed by atoms with E-state index in [2.05, 4.69) is 20.7 Å². The molecule has 0 atom stereocenters. The Balaban J connectivity index is 1.65. The van der Waals surface area contributed by atoms with Gasteiger partial charge in [0.2, 0.25) is 0 Å². The number of aryl methyl sites for hydroxylation is 3. The van der Waals surface area contributed by atoms with E-state index in [-0.39, 0.29) is 12.5 Å². The summed E-state index contributed by atoms with van der Waals surface area (Å²) in [6, 6.07) is 9.39. The minimum atomic E-state index is -0.273. The molecule has 0 saturated heterocycles. The molecule has 146 valence electrons. The van der Waals surface area contributed by atoms with Crippen LogP contribution in [0.5, 0.6) is 0 Å². The second kappa shape index (κ2) is 8.58. The van der Waals surface area contributed by atoms with E-state index in [4.69, 9.17) is 23.2 Å². The van der Waals surface area contributed by atoms with Gasteiger partial charge in [-0.2, -0.15) is 15.3 Å². The molecule has 28 heavy (non-hydrogen) atoms. The number of amides is 1. The maximum Gasteiger partial charge on any atom is 0.261 e. The monoisotopic (exact) mass is 418 g/mol. The largest absolute Gasteiger partial charge is 0.271 e. The lowest BCUT2D eigenvalue weighted by Crippen LogP contribution is -2.24. The SMILES string of the molecule is Cc1cc(C)n(CC(=O)N/N=C/c2c(C)nn(Cc3ccc(Cl)cc3)c2Cl)n1. The molecule has 1 N–H and O–H groups in total. The number of benzene rings is 1. The van der Waals surface area contributed by atoms with Crippen LogP contribution < -0.4 is 5.43 Å². The number of nitrogens with one attached hydrogen (secondary N) is 1. The molecule has 7 nitrogen and oxygen atoms in total. The van der Waals surface area contributed by atoms with Crippen LogP contribution in [-0.4, -0.2) is 31.7 Å². The average molecular weight is 419 g/mol. The summed E-state index contributed by atoms with van der Waals surface area (Å²) in [6.07, 6.45) is 1.50. The van der Waals surface area contributed by atoms with E-state index >= 15 is 0 Å². The van der Waals surface area contributed by atoms with Crippen LogP contribution in [0, 0.1) is 20.8 Å². The molecule has 3 aromatic rings. The predicted octanol–water partition coefficient (Wildman–Crippen LogP) is 3.51. The van der Waals surface area contributed by atoms with Crippen LogP contribution in [0.25, 0.3) is 0 Å². The molecule has 0 aliphatic carbocycles. The highest BCUT2D eigenvalue weighted by molar-refractivity contribution is 6.32. The Bertz CT molecular complexity index is 1020. The molecule has 1 amide bonds. The minimum absolute atomic E-state index is 0.0968. The summed E-state index contributed by atoms with van der Waals surface area (Å²) in [5.74, 6) is -0.273. The van der Waals surface area contributed by atoms with Gasteiger partial charge in [0.05, 0.1) is 29.7 Å². The topological polar surface area (TPSA) is 77.1 Å². The molecule has 0 aliphatic heterocycles. The third-order valence-electron chi connectivity index (χ3n) is 4.13. The second-order valence-electron chi connectivity index (χ2n) is 6.45. The Morgan fingerprint density at radius 3 is 2.50 bits per heavy atom. The van der Waals surface area contributed by atoms with Gasteiger partial charge in [-0.15, -0.1) is 0 Å². The van der Waals surface area contributed by atoms with Crippen molar-refractivity contribution in [1.82, 2.24) is 25.0 Å². The number of halogens is 2. The highest BCUT2D eigenvalue weighted by Crippen LogP contribution is 2.20. The molecule has 0 unspecified atom stereocenters. The summed E-state index contributed by atoms with van der Waals surface area (Å²) in [7, 11) is 0. The van der Waals surface area contributed by atoms with Crippen molar-refractivity contribution in [2.45, 2.75) is 33.9 Å². The molecule has 0 fully saturated rings. The first-order valence-electron chi connectivity index (χ1n) is 8.64. The zero-order valence-electron chi connectivity index (χ0n) is 15.8. The van der Waals surface area contributed by atoms with Gasteiger partial charge < -0.3 is 0 Å². The molecule has 0 radical (unpaired) electrons. The number of nitrogens with zero attached hydrogens (tertiary/aromatic N) is 5. The van der Waals surface area contributed by atoms with E-state index in [1.807, 2.05) is 51.1 Å². The van der Waals surface area contributed by atoms with Gasteiger partial charge in [-0.05, 0) is 44.5 Å². The van der Waals surface area contributed by atoms with Crippen LogP contribution in [0.3, 0.4) is 0 Å². The third kappa shape index (κ3) is 4.79. The fraction of sp³-hybridized carbons (Fsp3) is 0.263. The normalized spacial score (nSPS) is 11.3. The number of hydrazone groups is 1. The summed E-state index contributed by atoms with van der Waals surface area (Å²) >= 11 is 12.3. The van der Waals surface area contributed by atoms with Crippen LogP contribution in [0.4, 0.5) is 0 Å². The zero-order valence-corrected chi connectivity index (χ0v) is 17.3. The van der Waals surface area contributed by atoms with Gasteiger partial charge in [0.1, 0.15) is 11.7 Å². The minimum Gasteiger partial charge on any atom is -0.271 e. The number of carbonyl (C=O) groups is 1. The maximum absolute atomic E-state index is 12.1. The molecule has 0 spiro atoms. The summed E-state index contributed by atoms with van der Waals surface area (Å²) in [6.45, 7) is 6.22. The van der Waals surface area contributed by atoms with Gasteiger partial charge in [-0.3, -0.25) is 9.48 Å². The van der Waals surface area contributed by atoms with E-state index < -0.39 is 0 Å². The number of hydrogen-bond acceptors (Lipinski definition) is 4. The Kier molecular flexibility index (Phi) is 6.16. The van der Waals surface area contributed by atoms with Crippen molar-refractivity contribution in [2.75, 3.05) is 0 Å². The standard InChI is InChI=1S/C19H20Cl2N6O/c1-12-8-13(2)26(24-12)11-18(28)23-22-9-17-14(3)25-27(19(17)21)10-15-4-6-16(20)7-5-15/h4-9H,10-11H2,1-3H3,(H,23,28)/b22-9+. The quantitative estimate of drug-likeness (QED) is 0.491. The van der Waals surface area contributed by atoms with Crippen molar-refractivity contribution in [3.05, 3.63) is 68.7 Å². The lowest BCUT2D eigenvalue weighted by molar-refractivity contribution is -0.121. The first-order chi connectivity index (χ1) is 13.3. The lowest BCUT2D eigenvalue weighted by atomic mass is 10.2. The third-order valence-corrected chi connectivity index (χ3v) is 4.79. The van der Waals surface area contributed by atoms with Crippen LogP contribution in [0.2, 0.25) is 10.2 Å². The summed E-state index contributed by atoms with van der Waals surface area (Å²) in [5, 5.41) is 13.8. The number of carbonyl (C=O) groups excluding carboxylic acids is 1. The summed E-state index contributed by atoms with van der Waals surface area (Å²) in [4.78, 5) is 12.1. The first-order valence-corrected chi connectivity index (χ1v) is 9.39.